The number of rotatable bonds is 2. The largest absolute Gasteiger partial charge is 0.504 e. The molecule has 6 heteroatoms. The van der Waals surface area contributed by atoms with Crippen molar-refractivity contribution in [3.05, 3.63) is 46.5 Å². The summed E-state index contributed by atoms with van der Waals surface area (Å²) in [5, 5.41) is 9.51. The molecule has 28 heavy (non-hydrogen) atoms. The van der Waals surface area contributed by atoms with E-state index in [0.717, 1.165) is 42.4 Å². The number of methoxy groups -OCH3 is 2. The van der Waals surface area contributed by atoms with Crippen LogP contribution in [0.3, 0.4) is 0 Å². The van der Waals surface area contributed by atoms with E-state index in [2.05, 4.69) is 0 Å². The number of benzene rings is 2. The Bertz CT molecular complexity index is 844. The summed E-state index contributed by atoms with van der Waals surface area (Å²) in [5.74, 6) is 1.46. The highest BCUT2D eigenvalue weighted by Gasteiger charge is 2.20. The average molecular weight is 383 g/mol. The first kappa shape index (κ1) is 19.7. The summed E-state index contributed by atoms with van der Waals surface area (Å²) >= 11 is 0. The van der Waals surface area contributed by atoms with Crippen molar-refractivity contribution in [2.75, 3.05) is 20.0 Å². The normalized spacial score (nSPS) is 15.1. The van der Waals surface area contributed by atoms with Gasteiger partial charge in [0.15, 0.2) is 23.1 Å². The minimum Gasteiger partial charge on any atom is -0.504 e. The quantitative estimate of drug-likeness (QED) is 0.767. The zero-order chi connectivity index (χ0) is 20.3. The van der Waals surface area contributed by atoms with Gasteiger partial charge in [0.05, 0.1) is 19.9 Å². The Morgan fingerprint density at radius 1 is 0.786 bits per heavy atom. The molecule has 4 rings (SSSR count). The molecule has 0 saturated heterocycles. The molecule has 0 aromatic heterocycles. The second kappa shape index (κ2) is 8.33. The number of fused-ring (bicyclic) bond motifs is 2. The first-order valence-electron chi connectivity index (χ1n) is 9.37. The van der Waals surface area contributed by atoms with Crippen molar-refractivity contribution in [3.8, 4) is 17.2 Å². The van der Waals surface area contributed by atoms with Crippen LogP contribution in [0.5, 0.6) is 17.2 Å². The lowest BCUT2D eigenvalue weighted by molar-refractivity contribution is 0.0964. The third kappa shape index (κ3) is 3.96. The van der Waals surface area contributed by atoms with Gasteiger partial charge < -0.3 is 20.3 Å². The molecule has 0 saturated carbocycles. The van der Waals surface area contributed by atoms with Crippen LogP contribution in [0.25, 0.3) is 0 Å². The number of aromatic hydroxyl groups is 1. The molecule has 6 nitrogen and oxygen atoms in total. The second-order valence-electron chi connectivity index (χ2n) is 6.99. The number of carbonyl (C=O) groups excluding carboxylic acids is 2. The van der Waals surface area contributed by atoms with E-state index in [9.17, 15) is 14.7 Å². The lowest BCUT2D eigenvalue weighted by Gasteiger charge is -2.16. The summed E-state index contributed by atoms with van der Waals surface area (Å²) in [6, 6.07) is 6.87. The Morgan fingerprint density at radius 2 is 1.29 bits per heavy atom. The molecule has 0 heterocycles. The molecule has 0 unspecified atom stereocenters. The third-order valence-electron chi connectivity index (χ3n) is 5.16. The molecule has 0 amide bonds. The van der Waals surface area contributed by atoms with Crippen LogP contribution in [0.2, 0.25) is 0 Å². The smallest absolute Gasteiger partial charge is 0.163 e. The number of aryl methyl sites for hydroxylation is 2. The Morgan fingerprint density at radius 3 is 1.82 bits per heavy atom. The van der Waals surface area contributed by atoms with Gasteiger partial charge in [0, 0.05) is 24.0 Å². The lowest BCUT2D eigenvalue weighted by Crippen LogP contribution is -2.11. The molecular formula is C22H25NO5. The van der Waals surface area contributed by atoms with E-state index < -0.39 is 0 Å². The number of hydrogen-bond donors (Lipinski definition) is 2. The molecule has 0 radical (unpaired) electrons. The maximum atomic E-state index is 11.5. The molecule has 0 fully saturated rings. The van der Waals surface area contributed by atoms with Crippen molar-refractivity contribution in [2.45, 2.75) is 38.5 Å². The molecule has 3 N–H and O–H groups in total. The van der Waals surface area contributed by atoms with Gasteiger partial charge >= 0.3 is 0 Å². The highest BCUT2D eigenvalue weighted by molar-refractivity contribution is 6.00. The van der Waals surface area contributed by atoms with Crippen LogP contribution in [-0.4, -0.2) is 30.9 Å². The number of ether oxygens (including phenoxy) is 2. The molecule has 0 bridgehead atoms. The summed E-state index contributed by atoms with van der Waals surface area (Å²) in [4.78, 5) is 23.0. The van der Waals surface area contributed by atoms with Gasteiger partial charge in [-0.3, -0.25) is 9.59 Å². The predicted molar refractivity (Wildman–Crippen MR) is 107 cm³/mol. The Hall–Kier alpha value is -3.02. The fourth-order valence-electron chi connectivity index (χ4n) is 3.67. The molecule has 2 aromatic rings. The van der Waals surface area contributed by atoms with Crippen LogP contribution in [-0.2, 0) is 12.8 Å². The molecule has 2 aliphatic rings. The van der Waals surface area contributed by atoms with Gasteiger partial charge in [0.25, 0.3) is 0 Å². The summed E-state index contributed by atoms with van der Waals surface area (Å²) in [5.41, 5.74) is 9.75. The van der Waals surface area contributed by atoms with Crippen LogP contribution in [0, 0.1) is 0 Å². The number of ketones is 2. The molecule has 0 spiro atoms. The Balaban J connectivity index is 0.000000161. The standard InChI is InChI=1S/C11H13NO2.C11H12O3/c1-14-11-5-7-3-2-4-10(13)8(7)6-9(11)12;1-14-11-5-7-3-2-4-9(12)8(7)6-10(11)13/h5-6H,2-4,12H2,1H3;5-6,13H,2-4H2,1H3. The number of Topliss-reactive ketones (excluding diaryl/α,β-unsaturated/α-hetero) is 2. The lowest BCUT2D eigenvalue weighted by atomic mass is 9.90. The van der Waals surface area contributed by atoms with Crippen molar-refractivity contribution < 1.29 is 24.2 Å². The zero-order valence-electron chi connectivity index (χ0n) is 16.2. The van der Waals surface area contributed by atoms with Crippen molar-refractivity contribution in [1.29, 1.82) is 0 Å². The summed E-state index contributed by atoms with van der Waals surface area (Å²) < 4.78 is 10.1. The summed E-state index contributed by atoms with van der Waals surface area (Å²) in [6.45, 7) is 0. The SMILES string of the molecule is COc1cc2c(cc1N)C(=O)CCC2.COc1cc2c(cc1O)C(=O)CCC2. The molecule has 0 aliphatic heterocycles. The van der Waals surface area contributed by atoms with Crippen molar-refractivity contribution in [1.82, 2.24) is 0 Å². The number of phenols is 1. The number of carbonyl (C=O) groups is 2. The van der Waals surface area contributed by atoms with Crippen LogP contribution >= 0.6 is 0 Å². The fourth-order valence-corrected chi connectivity index (χ4v) is 3.67. The fraction of sp³-hybridized carbons (Fsp3) is 0.364. The summed E-state index contributed by atoms with van der Waals surface area (Å²) in [6.07, 6.45) is 4.87. The van der Waals surface area contributed by atoms with Crippen molar-refractivity contribution in [3.63, 3.8) is 0 Å². The van der Waals surface area contributed by atoms with E-state index in [1.165, 1.54) is 13.2 Å². The summed E-state index contributed by atoms with van der Waals surface area (Å²) in [7, 11) is 3.09. The predicted octanol–water partition coefficient (Wildman–Crippen LogP) is 3.72. The van der Waals surface area contributed by atoms with E-state index in [0.29, 0.717) is 35.6 Å². The van der Waals surface area contributed by atoms with Gasteiger partial charge in [-0.05, 0) is 61.1 Å². The maximum absolute atomic E-state index is 11.5. The number of nitrogens with two attached hydrogens (primary N) is 1. The van der Waals surface area contributed by atoms with Gasteiger partial charge in [0.1, 0.15) is 5.75 Å². The topological polar surface area (TPSA) is 98.8 Å². The second-order valence-corrected chi connectivity index (χ2v) is 6.99. The minimum atomic E-state index is 0.0431. The zero-order valence-corrected chi connectivity index (χ0v) is 16.2. The van der Waals surface area contributed by atoms with E-state index >= 15 is 0 Å². The minimum absolute atomic E-state index is 0.0431. The Kier molecular flexibility index (Phi) is 5.87. The highest BCUT2D eigenvalue weighted by Crippen LogP contribution is 2.33. The molecule has 0 atom stereocenters. The van der Waals surface area contributed by atoms with E-state index in [4.69, 9.17) is 15.2 Å². The highest BCUT2D eigenvalue weighted by atomic mass is 16.5. The number of hydrogen-bond acceptors (Lipinski definition) is 6. The van der Waals surface area contributed by atoms with Crippen molar-refractivity contribution in [2.24, 2.45) is 0 Å². The molecular weight excluding hydrogens is 358 g/mol. The third-order valence-corrected chi connectivity index (χ3v) is 5.16. The van der Waals surface area contributed by atoms with Gasteiger partial charge in [-0.25, -0.2) is 0 Å². The van der Waals surface area contributed by atoms with Gasteiger partial charge in [-0.15, -0.1) is 0 Å². The monoisotopic (exact) mass is 383 g/mol. The Labute approximate surface area is 164 Å². The average Bonchev–Trinajstić information content (AvgIpc) is 2.69. The van der Waals surface area contributed by atoms with Crippen LogP contribution in [0.15, 0.2) is 24.3 Å². The molecule has 148 valence electrons. The molecule has 2 aromatic carbocycles. The van der Waals surface area contributed by atoms with Crippen molar-refractivity contribution >= 4 is 17.3 Å². The van der Waals surface area contributed by atoms with Crippen LogP contribution < -0.4 is 15.2 Å². The number of anilines is 1. The van der Waals surface area contributed by atoms with E-state index in [-0.39, 0.29) is 17.3 Å². The van der Waals surface area contributed by atoms with E-state index in [1.807, 2.05) is 6.07 Å². The molecule has 2 aliphatic carbocycles. The van der Waals surface area contributed by atoms with Gasteiger partial charge in [-0.2, -0.15) is 0 Å². The first-order chi connectivity index (χ1) is 13.4. The van der Waals surface area contributed by atoms with Gasteiger partial charge in [-0.1, -0.05) is 0 Å². The number of phenolic OH excluding ortho intramolecular Hbond substituents is 1. The maximum Gasteiger partial charge on any atom is 0.163 e. The van der Waals surface area contributed by atoms with Gasteiger partial charge in [0.2, 0.25) is 0 Å². The number of nitrogen functional groups attached to an aromatic ring is 1. The first-order valence-corrected chi connectivity index (χ1v) is 9.37. The van der Waals surface area contributed by atoms with Crippen LogP contribution in [0.1, 0.15) is 57.5 Å². The van der Waals surface area contributed by atoms with Crippen LogP contribution in [0.4, 0.5) is 5.69 Å². The van der Waals surface area contributed by atoms with E-state index in [1.54, 1.807) is 19.2 Å².